The predicted molar refractivity (Wildman–Crippen MR) is 116 cm³/mol. The molecule has 1 fully saturated rings. The van der Waals surface area contributed by atoms with E-state index in [9.17, 15) is 8.42 Å². The summed E-state index contributed by atoms with van der Waals surface area (Å²) in [7, 11) is -1.39. The Labute approximate surface area is 170 Å². The highest BCUT2D eigenvalue weighted by Crippen LogP contribution is 2.35. The highest BCUT2D eigenvalue weighted by atomic mass is 32.2. The molecule has 4 rings (SSSR count). The highest BCUT2D eigenvalue weighted by Gasteiger charge is 2.47. The van der Waals surface area contributed by atoms with E-state index in [1.165, 1.54) is 5.56 Å². The molecule has 0 amide bonds. The molecule has 2 aliphatic rings. The third-order valence-corrected chi connectivity index (χ3v) is 7.89. The zero-order valence-electron chi connectivity index (χ0n) is 15.8. The number of anilines is 1. The van der Waals surface area contributed by atoms with Gasteiger partial charge in [0.1, 0.15) is 5.75 Å². The smallest absolute Gasteiger partial charge is 0.164 e. The van der Waals surface area contributed by atoms with Crippen LogP contribution in [0.4, 0.5) is 5.69 Å². The Morgan fingerprint density at radius 2 is 1.86 bits per heavy atom. The summed E-state index contributed by atoms with van der Waals surface area (Å²) in [6.45, 7) is 0. The number of hydrogen-bond acceptors (Lipinski definition) is 6. The summed E-state index contributed by atoms with van der Waals surface area (Å²) in [5.74, 6) is 2.05. The SMILES string of the molecule is COc1ccc(N2C(SCCCc3ccccc3)=N[C@H]3CS(=O)(=O)C[C@H]32)cc1. The lowest BCUT2D eigenvalue weighted by Crippen LogP contribution is -2.39. The molecule has 0 radical (unpaired) electrons. The molecule has 2 aromatic rings. The van der Waals surface area contributed by atoms with Crippen LogP contribution in [0.1, 0.15) is 12.0 Å². The van der Waals surface area contributed by atoms with Crippen molar-refractivity contribution >= 4 is 32.5 Å². The maximum absolute atomic E-state index is 12.1. The minimum absolute atomic E-state index is 0.102. The Morgan fingerprint density at radius 1 is 1.11 bits per heavy atom. The van der Waals surface area contributed by atoms with Gasteiger partial charge >= 0.3 is 0 Å². The van der Waals surface area contributed by atoms with Crippen LogP contribution in [0.5, 0.6) is 5.75 Å². The van der Waals surface area contributed by atoms with Crippen molar-refractivity contribution in [2.75, 3.05) is 29.3 Å². The van der Waals surface area contributed by atoms with Crippen molar-refractivity contribution in [1.29, 1.82) is 0 Å². The van der Waals surface area contributed by atoms with Crippen molar-refractivity contribution in [2.45, 2.75) is 24.9 Å². The summed E-state index contributed by atoms with van der Waals surface area (Å²) in [6, 6.07) is 18.0. The zero-order chi connectivity index (χ0) is 19.6. The van der Waals surface area contributed by atoms with Gasteiger partial charge in [-0.25, -0.2) is 8.42 Å². The number of nitrogens with zero attached hydrogens (tertiary/aromatic N) is 2. The molecule has 2 aliphatic heterocycles. The van der Waals surface area contributed by atoms with Crippen LogP contribution < -0.4 is 9.64 Å². The Morgan fingerprint density at radius 3 is 2.57 bits per heavy atom. The molecule has 0 saturated carbocycles. The minimum atomic E-state index is -3.03. The van der Waals surface area contributed by atoms with E-state index in [1.54, 1.807) is 18.9 Å². The first-order valence-corrected chi connectivity index (χ1v) is 12.2. The fourth-order valence-corrected chi connectivity index (χ4v) is 6.67. The lowest BCUT2D eigenvalue weighted by molar-refractivity contribution is 0.415. The molecule has 2 atom stereocenters. The summed E-state index contributed by atoms with van der Waals surface area (Å²) in [6.07, 6.45) is 2.09. The number of aliphatic imine (C=N–C) groups is 1. The number of thioether (sulfide) groups is 1. The fourth-order valence-electron chi connectivity index (χ4n) is 3.76. The number of methoxy groups -OCH3 is 1. The first-order valence-electron chi connectivity index (χ1n) is 9.44. The van der Waals surface area contributed by atoms with Crippen molar-refractivity contribution in [1.82, 2.24) is 0 Å². The van der Waals surface area contributed by atoms with Crippen molar-refractivity contribution in [2.24, 2.45) is 4.99 Å². The van der Waals surface area contributed by atoms with Gasteiger partial charge in [0.25, 0.3) is 0 Å². The van der Waals surface area contributed by atoms with E-state index in [-0.39, 0.29) is 23.6 Å². The Balaban J connectivity index is 1.47. The van der Waals surface area contributed by atoms with Crippen LogP contribution in [0.15, 0.2) is 59.6 Å². The van der Waals surface area contributed by atoms with Crippen LogP contribution in [0.3, 0.4) is 0 Å². The second kappa shape index (κ2) is 8.17. The van der Waals surface area contributed by atoms with E-state index in [1.807, 2.05) is 30.3 Å². The number of benzene rings is 2. The van der Waals surface area contributed by atoms with Gasteiger partial charge in [0, 0.05) is 11.4 Å². The second-order valence-electron chi connectivity index (χ2n) is 7.13. The van der Waals surface area contributed by atoms with Gasteiger partial charge in [0.2, 0.25) is 0 Å². The second-order valence-corrected chi connectivity index (χ2v) is 10.3. The standard InChI is InChI=1S/C21H24N2O3S2/c1-26-18-11-9-17(10-12-18)23-20-15-28(24,25)14-19(20)22-21(23)27-13-5-8-16-6-3-2-4-7-16/h2-4,6-7,9-12,19-20H,5,8,13-15H2,1H3/t19-,20+/m0/s1. The molecule has 148 valence electrons. The molecule has 5 nitrogen and oxygen atoms in total. The van der Waals surface area contributed by atoms with Crippen LogP contribution in [0.25, 0.3) is 0 Å². The summed E-state index contributed by atoms with van der Waals surface area (Å²) < 4.78 is 29.5. The molecular formula is C21H24N2O3S2. The summed E-state index contributed by atoms with van der Waals surface area (Å²) in [4.78, 5) is 6.90. The monoisotopic (exact) mass is 416 g/mol. The normalized spacial score (nSPS) is 22.8. The van der Waals surface area contributed by atoms with Gasteiger partial charge in [0.15, 0.2) is 15.0 Å². The maximum atomic E-state index is 12.1. The van der Waals surface area contributed by atoms with Crippen molar-refractivity contribution in [3.05, 3.63) is 60.2 Å². The number of rotatable bonds is 6. The van der Waals surface area contributed by atoms with Gasteiger partial charge in [-0.15, -0.1) is 0 Å². The van der Waals surface area contributed by atoms with Gasteiger partial charge < -0.3 is 9.64 Å². The molecule has 7 heteroatoms. The number of sulfone groups is 1. The minimum Gasteiger partial charge on any atom is -0.497 e. The van der Waals surface area contributed by atoms with E-state index >= 15 is 0 Å². The lowest BCUT2D eigenvalue weighted by atomic mass is 10.1. The van der Waals surface area contributed by atoms with Gasteiger partial charge in [-0.05, 0) is 42.7 Å². The van der Waals surface area contributed by atoms with Crippen LogP contribution in [-0.4, -0.2) is 50.0 Å². The molecule has 0 unspecified atom stereocenters. The zero-order valence-corrected chi connectivity index (χ0v) is 17.5. The third kappa shape index (κ3) is 4.20. The maximum Gasteiger partial charge on any atom is 0.164 e. The largest absolute Gasteiger partial charge is 0.497 e. The van der Waals surface area contributed by atoms with Crippen LogP contribution in [0.2, 0.25) is 0 Å². The molecule has 2 heterocycles. The average molecular weight is 417 g/mol. The summed E-state index contributed by atoms with van der Waals surface area (Å²) in [5.41, 5.74) is 2.31. The van der Waals surface area contributed by atoms with Gasteiger partial charge in [-0.2, -0.15) is 0 Å². The number of ether oxygens (including phenoxy) is 1. The quantitative estimate of drug-likeness (QED) is 0.676. The van der Waals surface area contributed by atoms with Crippen molar-refractivity contribution in [3.8, 4) is 5.75 Å². The van der Waals surface area contributed by atoms with Crippen LogP contribution in [0, 0.1) is 0 Å². The van der Waals surface area contributed by atoms with Crippen molar-refractivity contribution in [3.63, 3.8) is 0 Å². The number of hydrogen-bond donors (Lipinski definition) is 0. The molecule has 28 heavy (non-hydrogen) atoms. The first-order chi connectivity index (χ1) is 13.6. The number of fused-ring (bicyclic) bond motifs is 1. The lowest BCUT2D eigenvalue weighted by Gasteiger charge is -2.26. The number of aryl methyl sites for hydroxylation is 1. The summed E-state index contributed by atoms with van der Waals surface area (Å²) in [5, 5.41) is 0.933. The molecule has 0 aliphatic carbocycles. The molecule has 0 spiro atoms. The highest BCUT2D eigenvalue weighted by molar-refractivity contribution is 8.14. The Hall–Kier alpha value is -1.99. The molecular weight excluding hydrogens is 392 g/mol. The predicted octanol–water partition coefficient (Wildman–Crippen LogP) is 3.40. The van der Waals surface area contributed by atoms with E-state index in [0.717, 1.165) is 35.2 Å². The van der Waals surface area contributed by atoms with Gasteiger partial charge in [0.05, 0.1) is 30.7 Å². The third-order valence-electron chi connectivity index (χ3n) is 5.14. The molecule has 1 saturated heterocycles. The molecule has 0 bridgehead atoms. The van der Waals surface area contributed by atoms with Crippen LogP contribution >= 0.6 is 11.8 Å². The molecule has 2 aromatic carbocycles. The van der Waals surface area contributed by atoms with E-state index in [2.05, 4.69) is 29.2 Å². The Bertz CT molecular complexity index is 943. The number of amidine groups is 1. The molecule has 0 aromatic heterocycles. The van der Waals surface area contributed by atoms with Crippen LogP contribution in [-0.2, 0) is 16.3 Å². The van der Waals surface area contributed by atoms with E-state index < -0.39 is 9.84 Å². The van der Waals surface area contributed by atoms with E-state index in [4.69, 9.17) is 9.73 Å². The van der Waals surface area contributed by atoms with Gasteiger partial charge in [-0.1, -0.05) is 42.1 Å². The topological polar surface area (TPSA) is 59.0 Å². The first kappa shape index (κ1) is 19.3. The summed E-state index contributed by atoms with van der Waals surface area (Å²) >= 11 is 1.72. The molecule has 0 N–H and O–H groups in total. The van der Waals surface area contributed by atoms with E-state index in [0.29, 0.717) is 0 Å². The average Bonchev–Trinajstić information content (AvgIpc) is 3.17. The Kier molecular flexibility index (Phi) is 5.64. The van der Waals surface area contributed by atoms with Gasteiger partial charge in [-0.3, -0.25) is 4.99 Å². The van der Waals surface area contributed by atoms with Crippen molar-refractivity contribution < 1.29 is 13.2 Å². The fraction of sp³-hybridized carbons (Fsp3) is 0.381.